The van der Waals surface area contributed by atoms with Gasteiger partial charge in [0.1, 0.15) is 18.1 Å². The van der Waals surface area contributed by atoms with Crippen molar-refractivity contribution in [2.45, 2.75) is 6.61 Å². The van der Waals surface area contributed by atoms with E-state index in [1.54, 1.807) is 6.21 Å². The van der Waals surface area contributed by atoms with E-state index in [0.29, 0.717) is 12.4 Å². The van der Waals surface area contributed by atoms with E-state index in [1.165, 1.54) is 0 Å². The summed E-state index contributed by atoms with van der Waals surface area (Å²) in [5.74, 6) is 1.08. The summed E-state index contributed by atoms with van der Waals surface area (Å²) >= 11 is 0. The van der Waals surface area contributed by atoms with Crippen LogP contribution in [0.2, 0.25) is 0 Å². The molecule has 0 saturated heterocycles. The molecule has 0 aromatic heterocycles. The molecule has 33 heavy (non-hydrogen) atoms. The summed E-state index contributed by atoms with van der Waals surface area (Å²) < 4.78 is 11.5. The molecule has 0 aliphatic rings. The van der Waals surface area contributed by atoms with Gasteiger partial charge in [-0.25, -0.2) is 5.43 Å². The van der Waals surface area contributed by atoms with E-state index in [4.69, 9.17) is 9.47 Å². The summed E-state index contributed by atoms with van der Waals surface area (Å²) in [6.45, 7) is 0.380. The first-order valence-corrected chi connectivity index (χ1v) is 10.6. The fraction of sp³-hybridized carbons (Fsp3) is 0.0714. The Hall–Kier alpha value is -4.38. The second-order valence-electron chi connectivity index (χ2n) is 7.29. The van der Waals surface area contributed by atoms with E-state index in [-0.39, 0.29) is 12.5 Å². The molecule has 0 saturated carbocycles. The van der Waals surface area contributed by atoms with Crippen LogP contribution >= 0.6 is 0 Å². The van der Waals surface area contributed by atoms with Crippen LogP contribution < -0.4 is 14.9 Å². The van der Waals surface area contributed by atoms with E-state index in [1.807, 2.05) is 109 Å². The molecule has 4 rings (SSSR count). The van der Waals surface area contributed by atoms with Crippen LogP contribution in [-0.4, -0.2) is 18.7 Å². The Balaban J connectivity index is 1.25. The smallest absolute Gasteiger partial charge is 0.277 e. The summed E-state index contributed by atoms with van der Waals surface area (Å²) in [7, 11) is 0. The van der Waals surface area contributed by atoms with Crippen molar-refractivity contribution in [3.8, 4) is 22.6 Å². The Morgan fingerprint density at radius 3 is 2.18 bits per heavy atom. The number of nitrogens with one attached hydrogen (secondary N) is 1. The Morgan fingerprint density at radius 2 is 1.42 bits per heavy atom. The third kappa shape index (κ3) is 6.55. The van der Waals surface area contributed by atoms with Gasteiger partial charge in [-0.05, 0) is 47.0 Å². The van der Waals surface area contributed by atoms with Gasteiger partial charge >= 0.3 is 0 Å². The average molecular weight is 437 g/mol. The maximum absolute atomic E-state index is 12.2. The molecule has 0 bridgehead atoms. The SMILES string of the molecule is O=C(COc1ccccc1-c1ccccc1)N/N=C/c1ccc(OCc2ccccc2)cc1. The molecule has 0 aliphatic carbocycles. The molecule has 4 aromatic rings. The molecule has 0 fully saturated rings. The van der Waals surface area contributed by atoms with Gasteiger partial charge in [-0.15, -0.1) is 0 Å². The van der Waals surface area contributed by atoms with Crippen LogP contribution in [0.4, 0.5) is 0 Å². The van der Waals surface area contributed by atoms with Gasteiger partial charge in [-0.2, -0.15) is 5.10 Å². The standard InChI is InChI=1S/C28H24N2O3/c31-28(21-33-27-14-8-7-13-26(27)24-11-5-2-6-12-24)30-29-19-22-15-17-25(18-16-22)32-20-23-9-3-1-4-10-23/h1-19H,20-21H2,(H,30,31)/b29-19+. The predicted molar refractivity (Wildman–Crippen MR) is 130 cm³/mol. The maximum Gasteiger partial charge on any atom is 0.277 e. The molecule has 0 atom stereocenters. The minimum Gasteiger partial charge on any atom is -0.489 e. The van der Waals surface area contributed by atoms with Gasteiger partial charge in [0.25, 0.3) is 5.91 Å². The number of para-hydroxylation sites is 1. The van der Waals surface area contributed by atoms with Crippen LogP contribution in [0, 0.1) is 0 Å². The first-order valence-electron chi connectivity index (χ1n) is 10.6. The highest BCUT2D eigenvalue weighted by atomic mass is 16.5. The topological polar surface area (TPSA) is 59.9 Å². The fourth-order valence-electron chi connectivity index (χ4n) is 3.19. The Bertz CT molecular complexity index is 1190. The molecule has 5 nitrogen and oxygen atoms in total. The summed E-state index contributed by atoms with van der Waals surface area (Å²) in [4.78, 5) is 12.2. The summed E-state index contributed by atoms with van der Waals surface area (Å²) in [5.41, 5.74) is 6.42. The number of hydrogen-bond donors (Lipinski definition) is 1. The molecular weight excluding hydrogens is 412 g/mol. The third-order valence-electron chi connectivity index (χ3n) is 4.86. The predicted octanol–water partition coefficient (Wildman–Crippen LogP) is 5.46. The van der Waals surface area contributed by atoms with E-state index in [0.717, 1.165) is 28.0 Å². The number of hydrazone groups is 1. The van der Waals surface area contributed by atoms with Gasteiger partial charge in [-0.3, -0.25) is 4.79 Å². The molecule has 1 N–H and O–H groups in total. The number of benzene rings is 4. The largest absolute Gasteiger partial charge is 0.489 e. The highest BCUT2D eigenvalue weighted by molar-refractivity contribution is 5.83. The van der Waals surface area contributed by atoms with Crippen molar-refractivity contribution in [1.82, 2.24) is 5.43 Å². The van der Waals surface area contributed by atoms with Crippen molar-refractivity contribution in [3.05, 3.63) is 120 Å². The first kappa shape index (κ1) is 21.8. The fourth-order valence-corrected chi connectivity index (χ4v) is 3.19. The van der Waals surface area contributed by atoms with E-state index in [2.05, 4.69) is 10.5 Å². The zero-order valence-electron chi connectivity index (χ0n) is 18.1. The van der Waals surface area contributed by atoms with Crippen LogP contribution in [0.3, 0.4) is 0 Å². The molecule has 0 radical (unpaired) electrons. The molecule has 0 unspecified atom stereocenters. The zero-order valence-corrected chi connectivity index (χ0v) is 18.1. The van der Waals surface area contributed by atoms with Gasteiger partial charge in [0.2, 0.25) is 0 Å². The average Bonchev–Trinajstić information content (AvgIpc) is 2.88. The van der Waals surface area contributed by atoms with E-state index < -0.39 is 0 Å². The highest BCUT2D eigenvalue weighted by Gasteiger charge is 2.07. The van der Waals surface area contributed by atoms with E-state index >= 15 is 0 Å². The minimum atomic E-state index is -0.336. The lowest BCUT2D eigenvalue weighted by atomic mass is 10.1. The first-order chi connectivity index (χ1) is 16.3. The van der Waals surface area contributed by atoms with Crippen LogP contribution in [0.5, 0.6) is 11.5 Å². The Kier molecular flexibility index (Phi) is 7.48. The molecule has 5 heteroatoms. The highest BCUT2D eigenvalue weighted by Crippen LogP contribution is 2.29. The normalized spacial score (nSPS) is 10.7. The molecule has 1 amide bonds. The molecule has 0 aliphatic heterocycles. The van der Waals surface area contributed by atoms with Crippen molar-refractivity contribution in [3.63, 3.8) is 0 Å². The molecule has 0 heterocycles. The number of carbonyl (C=O) groups excluding carboxylic acids is 1. The lowest BCUT2D eigenvalue weighted by Gasteiger charge is -2.10. The second-order valence-corrected chi connectivity index (χ2v) is 7.29. The van der Waals surface area contributed by atoms with Crippen molar-refractivity contribution in [1.29, 1.82) is 0 Å². The van der Waals surface area contributed by atoms with Gasteiger partial charge in [-0.1, -0.05) is 78.9 Å². The van der Waals surface area contributed by atoms with Gasteiger partial charge < -0.3 is 9.47 Å². The molecule has 0 spiro atoms. The summed E-state index contributed by atoms with van der Waals surface area (Å²) in [6, 6.07) is 35.0. The van der Waals surface area contributed by atoms with Crippen LogP contribution in [0.15, 0.2) is 114 Å². The molecule has 4 aromatic carbocycles. The summed E-state index contributed by atoms with van der Waals surface area (Å²) in [5, 5.41) is 4.01. The van der Waals surface area contributed by atoms with Crippen LogP contribution in [0.1, 0.15) is 11.1 Å². The number of nitrogens with zero attached hydrogens (tertiary/aromatic N) is 1. The minimum absolute atomic E-state index is 0.131. The van der Waals surface area contributed by atoms with E-state index in [9.17, 15) is 4.79 Å². The molecule has 164 valence electrons. The quantitative estimate of drug-likeness (QED) is 0.280. The van der Waals surface area contributed by atoms with Crippen LogP contribution in [-0.2, 0) is 11.4 Å². The van der Waals surface area contributed by atoms with Crippen LogP contribution in [0.25, 0.3) is 11.1 Å². The van der Waals surface area contributed by atoms with Gasteiger partial charge in [0.15, 0.2) is 6.61 Å². The summed E-state index contributed by atoms with van der Waals surface area (Å²) in [6.07, 6.45) is 1.58. The molecular formula is C28H24N2O3. The number of carbonyl (C=O) groups is 1. The zero-order chi connectivity index (χ0) is 22.7. The Labute approximate surface area is 193 Å². The van der Waals surface area contributed by atoms with Gasteiger partial charge in [0.05, 0.1) is 6.21 Å². The van der Waals surface area contributed by atoms with Crippen molar-refractivity contribution < 1.29 is 14.3 Å². The number of ether oxygens (including phenoxy) is 2. The lowest BCUT2D eigenvalue weighted by molar-refractivity contribution is -0.123. The Morgan fingerprint density at radius 1 is 0.758 bits per heavy atom. The number of amides is 1. The lowest BCUT2D eigenvalue weighted by Crippen LogP contribution is -2.24. The maximum atomic E-state index is 12.2. The van der Waals surface area contributed by atoms with Crippen molar-refractivity contribution >= 4 is 12.1 Å². The van der Waals surface area contributed by atoms with Gasteiger partial charge in [0, 0.05) is 5.56 Å². The monoisotopic (exact) mass is 436 g/mol. The van der Waals surface area contributed by atoms with Crippen molar-refractivity contribution in [2.24, 2.45) is 5.10 Å². The second kappa shape index (κ2) is 11.3. The number of rotatable bonds is 9. The number of hydrogen-bond acceptors (Lipinski definition) is 4. The van der Waals surface area contributed by atoms with Crippen molar-refractivity contribution in [2.75, 3.05) is 6.61 Å². The third-order valence-corrected chi connectivity index (χ3v) is 4.86.